The van der Waals surface area contributed by atoms with Crippen LogP contribution < -0.4 is 11.1 Å². The number of nitrogens with two attached hydrogens (primary N) is 1. The van der Waals surface area contributed by atoms with Crippen molar-refractivity contribution in [1.82, 2.24) is 10.2 Å². The van der Waals surface area contributed by atoms with Crippen LogP contribution in [0.3, 0.4) is 0 Å². The van der Waals surface area contributed by atoms with Gasteiger partial charge in [-0.3, -0.25) is 14.4 Å². The lowest BCUT2D eigenvalue weighted by atomic mass is 10.00. The normalized spacial score (nSPS) is 19.5. The number of amides is 3. The molecule has 2 aromatic carbocycles. The van der Waals surface area contributed by atoms with Gasteiger partial charge in [0.1, 0.15) is 12.1 Å². The summed E-state index contributed by atoms with van der Waals surface area (Å²) in [5, 5.41) is 14.9. The van der Waals surface area contributed by atoms with Gasteiger partial charge in [0, 0.05) is 25.3 Å². The van der Waals surface area contributed by atoms with E-state index < -0.39 is 30.0 Å². The Bertz CT molecular complexity index is 957. The minimum atomic E-state index is -0.906. The first kappa shape index (κ1) is 22.7. The zero-order valence-corrected chi connectivity index (χ0v) is 18.1. The number of aliphatic hydroxyl groups excluding tert-OH is 1. The number of β-amino-alcohol motifs (C(OH)–C–C–N with tert-alkyl or cyclic N) is 1. The Morgan fingerprint density at radius 3 is 2.45 bits per heavy atom. The second-order valence-corrected chi connectivity index (χ2v) is 8.26. The maximum absolute atomic E-state index is 13.0. The van der Waals surface area contributed by atoms with E-state index in [0.717, 1.165) is 16.3 Å². The molecular formula is C24H31N3O4. The number of carbonyl (C=O) groups is 3. The monoisotopic (exact) mass is 425 g/mol. The SMILES string of the molecule is CCC(CC)C(=O)N1C[C@H](O)C[C@H]1C(=O)NC(Cc1ccc2ccccc2c1)C(N)=O. The molecule has 3 rings (SSSR count). The van der Waals surface area contributed by atoms with Gasteiger partial charge in [-0.1, -0.05) is 56.3 Å². The Hall–Kier alpha value is -2.93. The molecule has 1 saturated heterocycles. The smallest absolute Gasteiger partial charge is 0.243 e. The van der Waals surface area contributed by atoms with E-state index >= 15 is 0 Å². The molecule has 4 N–H and O–H groups in total. The van der Waals surface area contributed by atoms with Crippen LogP contribution in [0.5, 0.6) is 0 Å². The van der Waals surface area contributed by atoms with E-state index in [-0.39, 0.29) is 31.2 Å². The van der Waals surface area contributed by atoms with Crippen LogP contribution in [0.15, 0.2) is 42.5 Å². The fraction of sp³-hybridized carbons (Fsp3) is 0.458. The van der Waals surface area contributed by atoms with Crippen LogP contribution in [0.1, 0.15) is 38.7 Å². The molecular weight excluding hydrogens is 394 g/mol. The van der Waals surface area contributed by atoms with Crippen molar-refractivity contribution in [1.29, 1.82) is 0 Å². The first-order chi connectivity index (χ1) is 14.8. The third-order valence-electron chi connectivity index (χ3n) is 6.11. The number of aliphatic hydroxyl groups is 1. The van der Waals surface area contributed by atoms with Crippen molar-refractivity contribution >= 4 is 28.5 Å². The topological polar surface area (TPSA) is 113 Å². The van der Waals surface area contributed by atoms with Crippen LogP contribution in [0.4, 0.5) is 0 Å². The number of hydrogen-bond acceptors (Lipinski definition) is 4. The summed E-state index contributed by atoms with van der Waals surface area (Å²) in [6, 6.07) is 12.0. The maximum Gasteiger partial charge on any atom is 0.243 e. The molecule has 0 spiro atoms. The molecule has 0 bridgehead atoms. The predicted octanol–water partition coefficient (Wildman–Crippen LogP) is 1.75. The summed E-state index contributed by atoms with van der Waals surface area (Å²) in [6.07, 6.45) is 0.979. The average molecular weight is 426 g/mol. The molecule has 0 saturated carbocycles. The van der Waals surface area contributed by atoms with Gasteiger partial charge in [0.15, 0.2) is 0 Å². The molecule has 0 radical (unpaired) electrons. The number of likely N-dealkylation sites (tertiary alicyclic amines) is 1. The van der Waals surface area contributed by atoms with Gasteiger partial charge in [0.05, 0.1) is 6.10 Å². The highest BCUT2D eigenvalue weighted by Crippen LogP contribution is 2.23. The molecule has 7 heteroatoms. The Kier molecular flexibility index (Phi) is 7.28. The van der Waals surface area contributed by atoms with Crippen LogP contribution in [-0.4, -0.2) is 52.5 Å². The van der Waals surface area contributed by atoms with Crippen molar-refractivity contribution in [3.63, 3.8) is 0 Å². The number of nitrogens with zero attached hydrogens (tertiary/aromatic N) is 1. The number of carbonyl (C=O) groups excluding carboxylic acids is 3. The van der Waals surface area contributed by atoms with Gasteiger partial charge in [-0.25, -0.2) is 0 Å². The van der Waals surface area contributed by atoms with Gasteiger partial charge in [0.2, 0.25) is 17.7 Å². The Morgan fingerprint density at radius 1 is 1.13 bits per heavy atom. The predicted molar refractivity (Wildman–Crippen MR) is 119 cm³/mol. The Balaban J connectivity index is 1.74. The molecule has 0 aromatic heterocycles. The summed E-state index contributed by atoms with van der Waals surface area (Å²) < 4.78 is 0. The van der Waals surface area contributed by atoms with Gasteiger partial charge < -0.3 is 21.1 Å². The third-order valence-corrected chi connectivity index (χ3v) is 6.11. The minimum Gasteiger partial charge on any atom is -0.391 e. The molecule has 166 valence electrons. The molecule has 0 aliphatic carbocycles. The van der Waals surface area contributed by atoms with Crippen LogP contribution >= 0.6 is 0 Å². The molecule has 1 unspecified atom stereocenters. The van der Waals surface area contributed by atoms with Gasteiger partial charge in [0.25, 0.3) is 0 Å². The minimum absolute atomic E-state index is 0.124. The van der Waals surface area contributed by atoms with E-state index in [1.165, 1.54) is 4.90 Å². The molecule has 3 atom stereocenters. The van der Waals surface area contributed by atoms with E-state index in [1.54, 1.807) is 0 Å². The highest BCUT2D eigenvalue weighted by atomic mass is 16.3. The zero-order valence-electron chi connectivity index (χ0n) is 18.1. The first-order valence-corrected chi connectivity index (χ1v) is 10.9. The number of nitrogens with one attached hydrogen (secondary N) is 1. The van der Waals surface area contributed by atoms with Gasteiger partial charge >= 0.3 is 0 Å². The average Bonchev–Trinajstić information content (AvgIpc) is 3.15. The fourth-order valence-electron chi connectivity index (χ4n) is 4.27. The first-order valence-electron chi connectivity index (χ1n) is 10.9. The summed E-state index contributed by atoms with van der Waals surface area (Å²) in [6.45, 7) is 3.99. The van der Waals surface area contributed by atoms with Gasteiger partial charge in [-0.15, -0.1) is 0 Å². The fourth-order valence-corrected chi connectivity index (χ4v) is 4.27. The number of rotatable bonds is 8. The van der Waals surface area contributed by atoms with Crippen LogP contribution in [0.2, 0.25) is 0 Å². The lowest BCUT2D eigenvalue weighted by Gasteiger charge is -2.28. The highest BCUT2D eigenvalue weighted by molar-refractivity contribution is 5.93. The number of fused-ring (bicyclic) bond motifs is 1. The lowest BCUT2D eigenvalue weighted by Crippen LogP contribution is -2.53. The summed E-state index contributed by atoms with van der Waals surface area (Å²) in [5.74, 6) is -1.42. The lowest BCUT2D eigenvalue weighted by molar-refractivity contribution is -0.142. The van der Waals surface area contributed by atoms with Crippen molar-refractivity contribution in [2.45, 2.75) is 57.7 Å². The van der Waals surface area contributed by atoms with Crippen molar-refractivity contribution in [2.75, 3.05) is 6.54 Å². The zero-order chi connectivity index (χ0) is 22.5. The number of hydrogen-bond donors (Lipinski definition) is 3. The van der Waals surface area contributed by atoms with E-state index in [9.17, 15) is 19.5 Å². The van der Waals surface area contributed by atoms with Crippen molar-refractivity contribution in [3.8, 4) is 0 Å². The molecule has 3 amide bonds. The third kappa shape index (κ3) is 5.22. The van der Waals surface area contributed by atoms with Crippen LogP contribution in [-0.2, 0) is 20.8 Å². The second kappa shape index (κ2) is 9.92. The number of primary amides is 1. The van der Waals surface area contributed by atoms with E-state index in [2.05, 4.69) is 5.32 Å². The summed E-state index contributed by atoms with van der Waals surface area (Å²) in [4.78, 5) is 39.4. The summed E-state index contributed by atoms with van der Waals surface area (Å²) >= 11 is 0. The van der Waals surface area contributed by atoms with Crippen molar-refractivity contribution in [2.24, 2.45) is 11.7 Å². The molecule has 7 nitrogen and oxygen atoms in total. The summed E-state index contributed by atoms with van der Waals surface area (Å²) in [5.41, 5.74) is 6.45. The number of benzene rings is 2. The van der Waals surface area contributed by atoms with Gasteiger partial charge in [-0.05, 0) is 29.2 Å². The highest BCUT2D eigenvalue weighted by Gasteiger charge is 2.41. The molecule has 1 aliphatic rings. The second-order valence-electron chi connectivity index (χ2n) is 8.26. The maximum atomic E-state index is 13.0. The Morgan fingerprint density at radius 2 is 1.81 bits per heavy atom. The van der Waals surface area contributed by atoms with Crippen LogP contribution in [0.25, 0.3) is 10.8 Å². The van der Waals surface area contributed by atoms with E-state index in [4.69, 9.17) is 5.73 Å². The molecule has 1 fully saturated rings. The van der Waals surface area contributed by atoms with E-state index in [1.807, 2.05) is 56.3 Å². The molecule has 1 heterocycles. The van der Waals surface area contributed by atoms with Crippen molar-refractivity contribution in [3.05, 3.63) is 48.0 Å². The summed E-state index contributed by atoms with van der Waals surface area (Å²) in [7, 11) is 0. The Labute approximate surface area is 182 Å². The van der Waals surface area contributed by atoms with Crippen molar-refractivity contribution < 1.29 is 19.5 Å². The largest absolute Gasteiger partial charge is 0.391 e. The molecule has 31 heavy (non-hydrogen) atoms. The molecule has 2 aromatic rings. The van der Waals surface area contributed by atoms with E-state index in [0.29, 0.717) is 12.8 Å². The standard InChI is InChI=1S/C24H31N3O4/c1-3-16(4-2)24(31)27-14-19(28)13-21(27)23(30)26-20(22(25)29)12-15-9-10-17-7-5-6-8-18(17)11-15/h5-11,16,19-21,28H,3-4,12-14H2,1-2H3,(H2,25,29)(H,26,30)/t19-,20?,21+/m1/s1. The molecule has 1 aliphatic heterocycles. The van der Waals surface area contributed by atoms with Gasteiger partial charge in [-0.2, -0.15) is 0 Å². The quantitative estimate of drug-likeness (QED) is 0.598. The van der Waals surface area contributed by atoms with Crippen LogP contribution in [0, 0.1) is 5.92 Å².